The summed E-state index contributed by atoms with van der Waals surface area (Å²) in [5.41, 5.74) is 0.293. The van der Waals surface area contributed by atoms with E-state index in [1.54, 1.807) is 0 Å². The van der Waals surface area contributed by atoms with Crippen molar-refractivity contribution in [2.45, 2.75) is 31.7 Å². The first-order chi connectivity index (χ1) is 9.49. The molecule has 0 radical (unpaired) electrons. The average molecular weight is 298 g/mol. The largest absolute Gasteiger partial charge is 0.506 e. The quantitative estimate of drug-likeness (QED) is 0.895. The second-order valence-corrected chi connectivity index (χ2v) is 5.34. The number of aliphatic carboxylic acids is 1. The molecule has 0 spiro atoms. The fourth-order valence-corrected chi connectivity index (χ4v) is 2.71. The van der Waals surface area contributed by atoms with Gasteiger partial charge in [-0.2, -0.15) is 0 Å². The molecule has 1 aromatic rings. The van der Waals surface area contributed by atoms with Gasteiger partial charge in [0.25, 0.3) is 5.91 Å². The lowest BCUT2D eigenvalue weighted by Crippen LogP contribution is -2.42. The molecule has 1 fully saturated rings. The van der Waals surface area contributed by atoms with E-state index in [0.717, 1.165) is 25.7 Å². The summed E-state index contributed by atoms with van der Waals surface area (Å²) in [5.74, 6) is -1.50. The summed E-state index contributed by atoms with van der Waals surface area (Å²) >= 11 is 5.79. The minimum absolute atomic E-state index is 0.0359. The van der Waals surface area contributed by atoms with Gasteiger partial charge in [0.05, 0.1) is 5.02 Å². The zero-order valence-corrected chi connectivity index (χ0v) is 11.6. The third-order valence-corrected chi connectivity index (χ3v) is 3.83. The molecule has 1 aromatic carbocycles. The van der Waals surface area contributed by atoms with Gasteiger partial charge in [0, 0.05) is 11.6 Å². The molecule has 0 bridgehead atoms. The van der Waals surface area contributed by atoms with Gasteiger partial charge < -0.3 is 15.1 Å². The number of carboxylic acid groups (broad SMARTS) is 1. The van der Waals surface area contributed by atoms with Crippen LogP contribution in [0.2, 0.25) is 5.02 Å². The van der Waals surface area contributed by atoms with Crippen molar-refractivity contribution in [2.24, 2.45) is 0 Å². The van der Waals surface area contributed by atoms with Gasteiger partial charge in [-0.15, -0.1) is 0 Å². The van der Waals surface area contributed by atoms with E-state index >= 15 is 0 Å². The lowest BCUT2D eigenvalue weighted by molar-refractivity contribution is -0.138. The first-order valence-electron chi connectivity index (χ1n) is 6.50. The van der Waals surface area contributed by atoms with Crippen molar-refractivity contribution in [2.75, 3.05) is 6.54 Å². The number of rotatable bonds is 4. The van der Waals surface area contributed by atoms with Crippen LogP contribution in [-0.2, 0) is 4.79 Å². The maximum Gasteiger partial charge on any atom is 0.323 e. The number of benzene rings is 1. The molecular weight excluding hydrogens is 282 g/mol. The van der Waals surface area contributed by atoms with Crippen LogP contribution in [0.25, 0.3) is 0 Å². The summed E-state index contributed by atoms with van der Waals surface area (Å²) in [5, 5.41) is 18.4. The molecule has 0 aliphatic heterocycles. The minimum atomic E-state index is -1.03. The van der Waals surface area contributed by atoms with Crippen molar-refractivity contribution in [1.29, 1.82) is 0 Å². The first-order valence-corrected chi connectivity index (χ1v) is 6.88. The summed E-state index contributed by atoms with van der Waals surface area (Å²) in [4.78, 5) is 24.8. The van der Waals surface area contributed by atoms with Gasteiger partial charge in [0.15, 0.2) is 0 Å². The molecule has 5 nitrogen and oxygen atoms in total. The van der Waals surface area contributed by atoms with Crippen molar-refractivity contribution in [3.05, 3.63) is 28.8 Å². The fourth-order valence-electron chi connectivity index (χ4n) is 2.53. The summed E-state index contributed by atoms with van der Waals surface area (Å²) < 4.78 is 0. The number of hydrogen-bond donors (Lipinski definition) is 2. The van der Waals surface area contributed by atoms with Crippen LogP contribution >= 0.6 is 11.6 Å². The molecule has 0 unspecified atom stereocenters. The summed E-state index contributed by atoms with van der Waals surface area (Å²) in [6, 6.07) is 4.12. The van der Waals surface area contributed by atoms with E-state index in [4.69, 9.17) is 16.7 Å². The van der Waals surface area contributed by atoms with Crippen molar-refractivity contribution in [3.8, 4) is 5.75 Å². The Morgan fingerprint density at radius 3 is 2.50 bits per heavy atom. The molecule has 6 heteroatoms. The number of amides is 1. The lowest BCUT2D eigenvalue weighted by atomic mass is 10.1. The number of carboxylic acids is 1. The van der Waals surface area contributed by atoms with Gasteiger partial charge in [-0.1, -0.05) is 24.4 Å². The number of carbonyl (C=O) groups is 2. The summed E-state index contributed by atoms with van der Waals surface area (Å²) in [6.07, 6.45) is 3.66. The normalized spacial score (nSPS) is 15.2. The monoisotopic (exact) mass is 297 g/mol. The molecule has 2 N–H and O–H groups in total. The second kappa shape index (κ2) is 6.13. The second-order valence-electron chi connectivity index (χ2n) is 4.93. The highest BCUT2D eigenvalue weighted by Crippen LogP contribution is 2.27. The highest BCUT2D eigenvalue weighted by atomic mass is 35.5. The third kappa shape index (κ3) is 3.22. The Morgan fingerprint density at radius 1 is 1.30 bits per heavy atom. The van der Waals surface area contributed by atoms with Crippen LogP contribution < -0.4 is 0 Å². The van der Waals surface area contributed by atoms with Crippen molar-refractivity contribution < 1.29 is 19.8 Å². The smallest absolute Gasteiger partial charge is 0.323 e. The molecule has 2 rings (SSSR count). The Bertz CT molecular complexity index is 526. The predicted molar refractivity (Wildman–Crippen MR) is 74.0 cm³/mol. The number of hydrogen-bond acceptors (Lipinski definition) is 3. The highest BCUT2D eigenvalue weighted by molar-refractivity contribution is 6.32. The zero-order valence-electron chi connectivity index (χ0n) is 10.9. The van der Waals surface area contributed by atoms with Gasteiger partial charge in [-0.05, 0) is 31.0 Å². The van der Waals surface area contributed by atoms with Crippen molar-refractivity contribution >= 4 is 23.5 Å². The standard InChI is InChI=1S/C14H16ClNO4/c15-11-7-9(5-6-12(11)17)14(20)16(8-13(18)19)10-3-1-2-4-10/h5-7,10,17H,1-4,8H2,(H,18,19). The van der Waals surface area contributed by atoms with E-state index in [1.165, 1.54) is 23.1 Å². The van der Waals surface area contributed by atoms with Crippen LogP contribution in [0.1, 0.15) is 36.0 Å². The zero-order chi connectivity index (χ0) is 14.7. The van der Waals surface area contributed by atoms with Crippen LogP contribution in [0.4, 0.5) is 0 Å². The molecule has 0 aromatic heterocycles. The van der Waals surface area contributed by atoms with E-state index in [-0.39, 0.29) is 29.3 Å². The highest BCUT2D eigenvalue weighted by Gasteiger charge is 2.29. The SMILES string of the molecule is O=C(O)CN(C(=O)c1ccc(O)c(Cl)c1)C1CCCC1. The Hall–Kier alpha value is -1.75. The number of carbonyl (C=O) groups excluding carboxylic acids is 1. The maximum atomic E-state index is 12.5. The van der Waals surface area contributed by atoms with Crippen LogP contribution in [0.5, 0.6) is 5.75 Å². The Morgan fingerprint density at radius 2 is 1.95 bits per heavy atom. The molecule has 1 aliphatic carbocycles. The molecule has 108 valence electrons. The molecule has 0 saturated heterocycles. The Labute approximate surface area is 121 Å². The molecule has 0 atom stereocenters. The van der Waals surface area contributed by atoms with E-state index in [1.807, 2.05) is 0 Å². The maximum absolute atomic E-state index is 12.5. The number of halogens is 1. The summed E-state index contributed by atoms with van der Waals surface area (Å²) in [7, 11) is 0. The number of phenols is 1. The molecule has 20 heavy (non-hydrogen) atoms. The minimum Gasteiger partial charge on any atom is -0.506 e. The molecule has 1 saturated carbocycles. The van der Waals surface area contributed by atoms with Crippen molar-refractivity contribution in [1.82, 2.24) is 4.90 Å². The Kier molecular flexibility index (Phi) is 4.49. The van der Waals surface area contributed by atoms with Crippen LogP contribution in [0.15, 0.2) is 18.2 Å². The van der Waals surface area contributed by atoms with Gasteiger partial charge in [0.1, 0.15) is 12.3 Å². The first kappa shape index (κ1) is 14.7. The number of phenolic OH excluding ortho intramolecular Hbond substituents is 1. The molecule has 1 aliphatic rings. The molecule has 0 heterocycles. The number of aromatic hydroxyl groups is 1. The van der Waals surface area contributed by atoms with Gasteiger partial charge in [-0.3, -0.25) is 9.59 Å². The molecular formula is C14H16ClNO4. The van der Waals surface area contributed by atoms with Gasteiger partial charge in [-0.25, -0.2) is 0 Å². The lowest BCUT2D eigenvalue weighted by Gasteiger charge is -2.27. The van der Waals surface area contributed by atoms with E-state index < -0.39 is 5.97 Å². The number of nitrogens with zero attached hydrogens (tertiary/aromatic N) is 1. The molecule has 1 amide bonds. The fraction of sp³-hybridized carbons (Fsp3) is 0.429. The van der Waals surface area contributed by atoms with Gasteiger partial charge in [0.2, 0.25) is 0 Å². The average Bonchev–Trinajstić information content (AvgIpc) is 2.92. The van der Waals surface area contributed by atoms with E-state index in [9.17, 15) is 14.7 Å². The van der Waals surface area contributed by atoms with Crippen LogP contribution in [0, 0.1) is 0 Å². The Balaban J connectivity index is 2.24. The predicted octanol–water partition coefficient (Wildman–Crippen LogP) is 2.52. The van der Waals surface area contributed by atoms with E-state index in [0.29, 0.717) is 5.56 Å². The van der Waals surface area contributed by atoms with Crippen LogP contribution in [-0.4, -0.2) is 39.6 Å². The topological polar surface area (TPSA) is 77.8 Å². The third-order valence-electron chi connectivity index (χ3n) is 3.53. The summed E-state index contributed by atoms with van der Waals surface area (Å²) in [6.45, 7) is -0.317. The van der Waals surface area contributed by atoms with Crippen LogP contribution in [0.3, 0.4) is 0 Å². The van der Waals surface area contributed by atoms with E-state index in [2.05, 4.69) is 0 Å². The van der Waals surface area contributed by atoms with Crippen molar-refractivity contribution in [3.63, 3.8) is 0 Å². The van der Waals surface area contributed by atoms with Gasteiger partial charge >= 0.3 is 5.97 Å².